The molecule has 2 aliphatic heterocycles. The highest BCUT2D eigenvalue weighted by Gasteiger charge is 2.23. The molecule has 1 aromatic carbocycles. The summed E-state index contributed by atoms with van der Waals surface area (Å²) in [7, 11) is 0. The number of nitrogens with zero attached hydrogens (tertiary/aromatic N) is 3. The summed E-state index contributed by atoms with van der Waals surface area (Å²) in [6.45, 7) is 3.33. The number of nitrogens with one attached hydrogen (secondary N) is 1. The number of halogens is 2. The number of fused-ring (bicyclic) bond motifs is 1. The highest BCUT2D eigenvalue weighted by molar-refractivity contribution is 7.80. The smallest absolute Gasteiger partial charge is 0.231 e. The molecule has 1 saturated heterocycles. The van der Waals surface area contributed by atoms with Gasteiger partial charge < -0.3 is 24.6 Å². The molecule has 1 aromatic heterocycles. The van der Waals surface area contributed by atoms with Gasteiger partial charge in [-0.3, -0.25) is 4.98 Å². The highest BCUT2D eigenvalue weighted by Crippen LogP contribution is 2.35. The lowest BCUT2D eigenvalue weighted by atomic mass is 10.2. The predicted molar refractivity (Wildman–Crippen MR) is 107 cm³/mol. The van der Waals surface area contributed by atoms with Crippen LogP contribution in [-0.2, 0) is 0 Å². The number of aromatic nitrogens is 1. The molecule has 1 N–H and O–H groups in total. The van der Waals surface area contributed by atoms with Gasteiger partial charge in [-0.1, -0.05) is 23.2 Å². The van der Waals surface area contributed by atoms with Crippen molar-refractivity contribution in [3.8, 4) is 11.5 Å². The molecular weight excluding hydrogens is 395 g/mol. The summed E-state index contributed by atoms with van der Waals surface area (Å²) in [5, 5.41) is 5.06. The zero-order valence-corrected chi connectivity index (χ0v) is 16.1. The molecule has 0 unspecified atom stereocenters. The number of ether oxygens (including phenoxy) is 2. The summed E-state index contributed by atoms with van der Waals surface area (Å²) in [6, 6.07) is 5.69. The molecular formula is C17H16Cl2N4O2S. The van der Waals surface area contributed by atoms with Crippen LogP contribution < -0.4 is 19.7 Å². The Morgan fingerprint density at radius 2 is 1.73 bits per heavy atom. The Morgan fingerprint density at radius 1 is 1.04 bits per heavy atom. The molecule has 0 amide bonds. The van der Waals surface area contributed by atoms with Gasteiger partial charge in [0.05, 0.1) is 15.7 Å². The Bertz CT molecular complexity index is 823. The first-order valence-electron chi connectivity index (χ1n) is 8.11. The van der Waals surface area contributed by atoms with Crippen LogP contribution in [0.5, 0.6) is 11.5 Å². The number of thiocarbonyl (C=S) groups is 1. The SMILES string of the molecule is S=C(Nc1ccc2c(c1)OCO2)N1CCN(c2c(Cl)cncc2Cl)CC1. The average molecular weight is 411 g/mol. The number of hydrogen-bond acceptors (Lipinski definition) is 5. The summed E-state index contributed by atoms with van der Waals surface area (Å²) < 4.78 is 10.7. The van der Waals surface area contributed by atoms with Crippen LogP contribution in [0.15, 0.2) is 30.6 Å². The summed E-state index contributed by atoms with van der Waals surface area (Å²) in [5.41, 5.74) is 1.71. The third-order valence-corrected chi connectivity index (χ3v) is 5.25. The van der Waals surface area contributed by atoms with E-state index in [0.717, 1.165) is 49.1 Å². The van der Waals surface area contributed by atoms with E-state index in [4.69, 9.17) is 44.9 Å². The molecule has 1 fully saturated rings. The van der Waals surface area contributed by atoms with Crippen molar-refractivity contribution in [1.82, 2.24) is 9.88 Å². The number of rotatable bonds is 2. The van der Waals surface area contributed by atoms with E-state index in [1.807, 2.05) is 18.2 Å². The zero-order chi connectivity index (χ0) is 18.1. The van der Waals surface area contributed by atoms with Crippen LogP contribution in [0.3, 0.4) is 0 Å². The van der Waals surface area contributed by atoms with E-state index in [9.17, 15) is 0 Å². The number of benzene rings is 1. The first-order valence-corrected chi connectivity index (χ1v) is 9.28. The molecule has 0 saturated carbocycles. The molecule has 0 radical (unpaired) electrons. The summed E-state index contributed by atoms with van der Waals surface area (Å²) >= 11 is 18.1. The van der Waals surface area contributed by atoms with Gasteiger partial charge in [0.2, 0.25) is 6.79 Å². The molecule has 9 heteroatoms. The van der Waals surface area contributed by atoms with Gasteiger partial charge in [-0.15, -0.1) is 0 Å². The number of hydrogen-bond donors (Lipinski definition) is 1. The van der Waals surface area contributed by atoms with Gasteiger partial charge in [-0.2, -0.15) is 0 Å². The standard InChI is InChI=1S/C17H16Cl2N4O2S/c18-12-8-20-9-13(19)16(12)22-3-5-23(6-4-22)17(26)21-11-1-2-14-15(7-11)25-10-24-14/h1-2,7-9H,3-6,10H2,(H,21,26). The fourth-order valence-electron chi connectivity index (χ4n) is 3.02. The zero-order valence-electron chi connectivity index (χ0n) is 13.7. The highest BCUT2D eigenvalue weighted by atomic mass is 35.5. The molecule has 3 heterocycles. The van der Waals surface area contributed by atoms with Gasteiger partial charge in [-0.05, 0) is 24.4 Å². The molecule has 2 aromatic rings. The van der Waals surface area contributed by atoms with Gasteiger partial charge in [0.1, 0.15) is 0 Å². The fraction of sp³-hybridized carbons (Fsp3) is 0.294. The van der Waals surface area contributed by atoms with Gasteiger partial charge >= 0.3 is 0 Å². The molecule has 4 rings (SSSR count). The number of pyridine rings is 1. The molecule has 6 nitrogen and oxygen atoms in total. The van der Waals surface area contributed by atoms with Gasteiger partial charge in [0.15, 0.2) is 16.6 Å². The van der Waals surface area contributed by atoms with Gasteiger partial charge in [0, 0.05) is 50.3 Å². The van der Waals surface area contributed by atoms with Crippen molar-refractivity contribution in [2.45, 2.75) is 0 Å². The monoisotopic (exact) mass is 410 g/mol. The first kappa shape index (κ1) is 17.5. The lowest BCUT2D eigenvalue weighted by Crippen LogP contribution is -2.50. The van der Waals surface area contributed by atoms with E-state index in [2.05, 4.69) is 20.1 Å². The van der Waals surface area contributed by atoms with Crippen LogP contribution in [0.1, 0.15) is 0 Å². The van der Waals surface area contributed by atoms with Crippen molar-refractivity contribution in [3.63, 3.8) is 0 Å². The Kier molecular flexibility index (Phi) is 4.93. The van der Waals surface area contributed by atoms with Crippen LogP contribution in [0.2, 0.25) is 10.0 Å². The van der Waals surface area contributed by atoms with Crippen LogP contribution in [-0.4, -0.2) is 48.0 Å². The van der Waals surface area contributed by atoms with E-state index in [-0.39, 0.29) is 6.79 Å². The van der Waals surface area contributed by atoms with Crippen LogP contribution >= 0.6 is 35.4 Å². The first-order chi connectivity index (χ1) is 12.6. The minimum atomic E-state index is 0.255. The largest absolute Gasteiger partial charge is 0.454 e. The second kappa shape index (κ2) is 7.34. The summed E-state index contributed by atoms with van der Waals surface area (Å²) in [5.74, 6) is 1.48. The quantitative estimate of drug-likeness (QED) is 0.758. The fourth-order valence-corrected chi connectivity index (χ4v) is 3.92. The molecule has 0 bridgehead atoms. The van der Waals surface area contributed by atoms with Gasteiger partial charge in [0.25, 0.3) is 0 Å². The average Bonchev–Trinajstić information content (AvgIpc) is 3.10. The molecule has 0 atom stereocenters. The third kappa shape index (κ3) is 3.47. The maximum absolute atomic E-state index is 6.25. The second-order valence-electron chi connectivity index (χ2n) is 5.92. The van der Waals surface area contributed by atoms with Crippen LogP contribution in [0, 0.1) is 0 Å². The van der Waals surface area contributed by atoms with E-state index in [0.29, 0.717) is 15.2 Å². The molecule has 0 spiro atoms. The van der Waals surface area contributed by atoms with Crippen molar-refractivity contribution in [1.29, 1.82) is 0 Å². The second-order valence-corrected chi connectivity index (χ2v) is 7.13. The minimum Gasteiger partial charge on any atom is -0.454 e. The Balaban J connectivity index is 1.38. The lowest BCUT2D eigenvalue weighted by Gasteiger charge is -2.38. The van der Waals surface area contributed by atoms with Crippen molar-refractivity contribution < 1.29 is 9.47 Å². The Hall–Kier alpha value is -1.96. The normalized spacial score (nSPS) is 15.9. The minimum absolute atomic E-state index is 0.255. The Morgan fingerprint density at radius 3 is 2.46 bits per heavy atom. The number of piperazine rings is 1. The van der Waals surface area contributed by atoms with Crippen molar-refractivity contribution in [2.75, 3.05) is 43.2 Å². The van der Waals surface area contributed by atoms with Crippen molar-refractivity contribution in [2.24, 2.45) is 0 Å². The molecule has 0 aliphatic carbocycles. The van der Waals surface area contributed by atoms with Crippen LogP contribution in [0.4, 0.5) is 11.4 Å². The number of anilines is 2. The third-order valence-electron chi connectivity index (χ3n) is 4.34. The van der Waals surface area contributed by atoms with Gasteiger partial charge in [-0.25, -0.2) is 0 Å². The molecule has 2 aliphatic rings. The van der Waals surface area contributed by atoms with Crippen LogP contribution in [0.25, 0.3) is 0 Å². The van der Waals surface area contributed by atoms with E-state index >= 15 is 0 Å². The summed E-state index contributed by atoms with van der Waals surface area (Å²) in [4.78, 5) is 8.29. The topological polar surface area (TPSA) is 49.9 Å². The van der Waals surface area contributed by atoms with E-state index in [1.54, 1.807) is 12.4 Å². The maximum Gasteiger partial charge on any atom is 0.231 e. The van der Waals surface area contributed by atoms with Crippen molar-refractivity contribution >= 4 is 51.9 Å². The summed E-state index contributed by atoms with van der Waals surface area (Å²) in [6.07, 6.45) is 3.22. The Labute approximate surface area is 166 Å². The van der Waals surface area contributed by atoms with E-state index < -0.39 is 0 Å². The van der Waals surface area contributed by atoms with E-state index in [1.165, 1.54) is 0 Å². The lowest BCUT2D eigenvalue weighted by molar-refractivity contribution is 0.174. The molecule has 26 heavy (non-hydrogen) atoms. The molecule has 136 valence electrons. The van der Waals surface area contributed by atoms with Crippen molar-refractivity contribution in [3.05, 3.63) is 40.6 Å². The predicted octanol–water partition coefficient (Wildman–Crippen LogP) is 3.64. The maximum atomic E-state index is 6.25.